The molecule has 0 spiro atoms. The summed E-state index contributed by atoms with van der Waals surface area (Å²) in [6.07, 6.45) is 0.628. The summed E-state index contributed by atoms with van der Waals surface area (Å²) in [6, 6.07) is 14.0. The monoisotopic (exact) mass is 370 g/mol. The topological polar surface area (TPSA) is 76.7 Å². The zero-order valence-electron chi connectivity index (χ0n) is 16.0. The summed E-state index contributed by atoms with van der Waals surface area (Å²) in [5, 5.41) is 5.63. The van der Waals surface area contributed by atoms with Gasteiger partial charge in [-0.2, -0.15) is 0 Å². The minimum Gasteiger partial charge on any atom is -0.497 e. The van der Waals surface area contributed by atoms with Gasteiger partial charge in [0.05, 0.1) is 18.4 Å². The Morgan fingerprint density at radius 3 is 2.48 bits per heavy atom. The number of hydrogen-bond acceptors (Lipinski definition) is 4. The van der Waals surface area contributed by atoms with E-state index in [1.165, 1.54) is 0 Å². The zero-order chi connectivity index (χ0) is 19.6. The Morgan fingerprint density at radius 2 is 1.78 bits per heavy atom. The fourth-order valence-electron chi connectivity index (χ4n) is 2.50. The van der Waals surface area contributed by atoms with Crippen LogP contribution in [-0.4, -0.2) is 31.6 Å². The van der Waals surface area contributed by atoms with Gasteiger partial charge >= 0.3 is 0 Å². The lowest BCUT2D eigenvalue weighted by Crippen LogP contribution is -2.33. The molecule has 2 aromatic carbocycles. The molecule has 2 N–H and O–H groups in total. The third-order valence-corrected chi connectivity index (χ3v) is 3.95. The number of ether oxygens (including phenoxy) is 2. The molecule has 6 nitrogen and oxygen atoms in total. The number of methoxy groups -OCH3 is 1. The number of carbonyl (C=O) groups excluding carboxylic acids is 2. The summed E-state index contributed by atoms with van der Waals surface area (Å²) >= 11 is 0. The number of hydrogen-bond donors (Lipinski definition) is 2. The lowest BCUT2D eigenvalue weighted by atomic mass is 10.1. The molecule has 0 aliphatic rings. The molecular formula is C21H26N2O4. The van der Waals surface area contributed by atoms with E-state index in [9.17, 15) is 9.59 Å². The molecule has 6 heteroatoms. The number of carbonyl (C=O) groups is 2. The van der Waals surface area contributed by atoms with Crippen molar-refractivity contribution < 1.29 is 19.1 Å². The van der Waals surface area contributed by atoms with E-state index in [1.54, 1.807) is 55.6 Å². The van der Waals surface area contributed by atoms with Crippen LogP contribution >= 0.6 is 0 Å². The predicted molar refractivity (Wildman–Crippen MR) is 105 cm³/mol. The Kier molecular flexibility index (Phi) is 7.67. The van der Waals surface area contributed by atoms with Gasteiger partial charge in [0, 0.05) is 12.6 Å². The Hall–Kier alpha value is -3.02. The first-order valence-electron chi connectivity index (χ1n) is 9.07. The second-order valence-electron chi connectivity index (χ2n) is 5.98. The van der Waals surface area contributed by atoms with Crippen LogP contribution in [0.4, 0.5) is 5.69 Å². The molecule has 0 bridgehead atoms. The summed E-state index contributed by atoms with van der Waals surface area (Å²) in [4.78, 5) is 25.0. The van der Waals surface area contributed by atoms with Crippen LogP contribution in [0, 0.1) is 0 Å². The fourth-order valence-corrected chi connectivity index (χ4v) is 2.50. The van der Waals surface area contributed by atoms with Crippen molar-refractivity contribution in [3.05, 3.63) is 54.1 Å². The number of amides is 2. The standard InChI is InChI=1S/C21H26N2O4/c1-4-13-22-20(24)17-11-6-7-12-18(17)23-21(25)19(5-2)27-16-10-8-9-15(14-16)26-3/h6-12,14,19H,4-5,13H2,1-3H3,(H,22,24)(H,23,25). The van der Waals surface area contributed by atoms with Crippen molar-refractivity contribution in [1.29, 1.82) is 0 Å². The van der Waals surface area contributed by atoms with Crippen molar-refractivity contribution in [3.8, 4) is 11.5 Å². The van der Waals surface area contributed by atoms with Gasteiger partial charge in [-0.3, -0.25) is 9.59 Å². The summed E-state index contributed by atoms with van der Waals surface area (Å²) in [7, 11) is 1.57. The first-order valence-corrected chi connectivity index (χ1v) is 9.07. The molecule has 0 aliphatic carbocycles. The van der Waals surface area contributed by atoms with Gasteiger partial charge in [-0.05, 0) is 37.1 Å². The van der Waals surface area contributed by atoms with Gasteiger partial charge in [0.25, 0.3) is 11.8 Å². The molecule has 0 fully saturated rings. The molecular weight excluding hydrogens is 344 g/mol. The maximum atomic E-state index is 12.7. The average Bonchev–Trinajstić information content (AvgIpc) is 2.70. The van der Waals surface area contributed by atoms with Crippen molar-refractivity contribution in [2.75, 3.05) is 19.0 Å². The molecule has 0 radical (unpaired) electrons. The number of anilines is 1. The van der Waals surface area contributed by atoms with Gasteiger partial charge in [-0.25, -0.2) is 0 Å². The first-order chi connectivity index (χ1) is 13.1. The van der Waals surface area contributed by atoms with Crippen LogP contribution in [0.3, 0.4) is 0 Å². The smallest absolute Gasteiger partial charge is 0.265 e. The highest BCUT2D eigenvalue weighted by molar-refractivity contribution is 6.04. The highest BCUT2D eigenvalue weighted by Gasteiger charge is 2.21. The summed E-state index contributed by atoms with van der Waals surface area (Å²) < 4.78 is 11.0. The molecule has 0 heterocycles. The van der Waals surface area contributed by atoms with Gasteiger partial charge in [-0.1, -0.05) is 32.0 Å². The van der Waals surface area contributed by atoms with Crippen molar-refractivity contribution in [1.82, 2.24) is 5.32 Å². The third-order valence-electron chi connectivity index (χ3n) is 3.95. The van der Waals surface area contributed by atoms with E-state index in [1.807, 2.05) is 13.8 Å². The largest absolute Gasteiger partial charge is 0.497 e. The van der Waals surface area contributed by atoms with E-state index < -0.39 is 6.10 Å². The first kappa shape index (κ1) is 20.3. The molecule has 1 unspecified atom stereocenters. The van der Waals surface area contributed by atoms with Crippen molar-refractivity contribution in [2.45, 2.75) is 32.8 Å². The molecule has 2 rings (SSSR count). The van der Waals surface area contributed by atoms with Crippen LogP contribution in [0.15, 0.2) is 48.5 Å². The lowest BCUT2D eigenvalue weighted by molar-refractivity contribution is -0.122. The van der Waals surface area contributed by atoms with Crippen LogP contribution < -0.4 is 20.1 Å². The minimum atomic E-state index is -0.691. The number of nitrogens with one attached hydrogen (secondary N) is 2. The highest BCUT2D eigenvalue weighted by atomic mass is 16.5. The second kappa shape index (κ2) is 10.2. The maximum Gasteiger partial charge on any atom is 0.265 e. The van der Waals surface area contributed by atoms with E-state index >= 15 is 0 Å². The molecule has 1 atom stereocenters. The highest BCUT2D eigenvalue weighted by Crippen LogP contribution is 2.22. The maximum absolute atomic E-state index is 12.7. The fraction of sp³-hybridized carbons (Fsp3) is 0.333. The molecule has 2 amide bonds. The normalized spacial score (nSPS) is 11.4. The summed E-state index contributed by atoms with van der Waals surface area (Å²) in [6.45, 7) is 4.43. The molecule has 0 saturated carbocycles. The van der Waals surface area contributed by atoms with E-state index in [0.717, 1.165) is 6.42 Å². The van der Waals surface area contributed by atoms with E-state index in [2.05, 4.69) is 10.6 Å². The van der Waals surface area contributed by atoms with Crippen LogP contribution in [0.25, 0.3) is 0 Å². The molecule has 27 heavy (non-hydrogen) atoms. The molecule has 2 aromatic rings. The van der Waals surface area contributed by atoms with Crippen LogP contribution in [-0.2, 0) is 4.79 Å². The number of benzene rings is 2. The molecule has 0 saturated heterocycles. The Balaban J connectivity index is 2.11. The quantitative estimate of drug-likeness (QED) is 0.707. The number of para-hydroxylation sites is 1. The van der Waals surface area contributed by atoms with E-state index in [-0.39, 0.29) is 11.8 Å². The van der Waals surface area contributed by atoms with E-state index in [4.69, 9.17) is 9.47 Å². The Bertz CT molecular complexity index is 776. The van der Waals surface area contributed by atoms with E-state index in [0.29, 0.717) is 35.7 Å². The second-order valence-corrected chi connectivity index (χ2v) is 5.98. The minimum absolute atomic E-state index is 0.213. The molecule has 0 aromatic heterocycles. The van der Waals surface area contributed by atoms with Crippen LogP contribution in [0.2, 0.25) is 0 Å². The van der Waals surface area contributed by atoms with Gasteiger partial charge in [0.15, 0.2) is 6.10 Å². The average molecular weight is 370 g/mol. The number of rotatable bonds is 9. The lowest BCUT2D eigenvalue weighted by Gasteiger charge is -2.19. The van der Waals surface area contributed by atoms with Crippen molar-refractivity contribution in [3.63, 3.8) is 0 Å². The third kappa shape index (κ3) is 5.74. The van der Waals surface area contributed by atoms with Crippen LogP contribution in [0.5, 0.6) is 11.5 Å². The molecule has 0 aliphatic heterocycles. The van der Waals surface area contributed by atoms with Crippen molar-refractivity contribution in [2.24, 2.45) is 0 Å². The van der Waals surface area contributed by atoms with Gasteiger partial charge in [0.1, 0.15) is 11.5 Å². The Labute approximate surface area is 159 Å². The summed E-state index contributed by atoms with van der Waals surface area (Å²) in [5.74, 6) is 0.677. The van der Waals surface area contributed by atoms with Crippen LogP contribution in [0.1, 0.15) is 37.0 Å². The SMILES string of the molecule is CCCNC(=O)c1ccccc1NC(=O)C(CC)Oc1cccc(OC)c1. The predicted octanol–water partition coefficient (Wildman–Crippen LogP) is 3.63. The van der Waals surface area contributed by atoms with Gasteiger partial charge < -0.3 is 20.1 Å². The summed E-state index contributed by atoms with van der Waals surface area (Å²) in [5.41, 5.74) is 0.888. The Morgan fingerprint density at radius 1 is 1.04 bits per heavy atom. The zero-order valence-corrected chi connectivity index (χ0v) is 16.0. The van der Waals surface area contributed by atoms with Crippen molar-refractivity contribution >= 4 is 17.5 Å². The van der Waals surface area contributed by atoms with Gasteiger partial charge in [-0.15, -0.1) is 0 Å². The molecule has 144 valence electrons. The van der Waals surface area contributed by atoms with Gasteiger partial charge in [0.2, 0.25) is 0 Å².